The summed E-state index contributed by atoms with van der Waals surface area (Å²) in [5, 5.41) is 10.5. The van der Waals surface area contributed by atoms with Crippen LogP contribution in [-0.4, -0.2) is 25.8 Å². The summed E-state index contributed by atoms with van der Waals surface area (Å²) in [5.74, 6) is 0.986. The molecular weight excluding hydrogens is 340 g/mol. The molecule has 0 bridgehead atoms. The van der Waals surface area contributed by atoms with Gasteiger partial charge in [-0.25, -0.2) is 19.4 Å². The van der Waals surface area contributed by atoms with Gasteiger partial charge in [0.05, 0.1) is 5.69 Å². The summed E-state index contributed by atoms with van der Waals surface area (Å²) in [6.07, 6.45) is 1.39. The van der Waals surface area contributed by atoms with Gasteiger partial charge in [0.1, 0.15) is 12.1 Å². The fourth-order valence-corrected chi connectivity index (χ4v) is 2.46. The number of carbonyl (C=O) groups excluding carboxylic acids is 1. The standard InChI is InChI=1S/C17H17ClN6O/c1-11-7-12(2)24(23-11)16-8-15(20-10-21-16)22-17(25)19-9-13-3-5-14(18)6-4-13/h3-8,10H,9H2,1-2H3,(H2,19,20,21,22,25). The summed E-state index contributed by atoms with van der Waals surface area (Å²) in [5.41, 5.74) is 2.80. The van der Waals surface area contributed by atoms with E-state index in [1.165, 1.54) is 6.33 Å². The van der Waals surface area contributed by atoms with Gasteiger partial charge in [0.15, 0.2) is 5.82 Å². The van der Waals surface area contributed by atoms with Crippen LogP contribution >= 0.6 is 11.6 Å². The van der Waals surface area contributed by atoms with Crippen LogP contribution in [0.4, 0.5) is 10.6 Å². The van der Waals surface area contributed by atoms with Crippen LogP contribution in [0.3, 0.4) is 0 Å². The Morgan fingerprint density at radius 3 is 2.60 bits per heavy atom. The van der Waals surface area contributed by atoms with Crippen LogP contribution in [0.25, 0.3) is 5.82 Å². The number of benzene rings is 1. The van der Waals surface area contributed by atoms with Gasteiger partial charge in [-0.15, -0.1) is 0 Å². The molecule has 2 aromatic heterocycles. The van der Waals surface area contributed by atoms with Gasteiger partial charge in [0.2, 0.25) is 0 Å². The highest BCUT2D eigenvalue weighted by Crippen LogP contribution is 2.12. The summed E-state index contributed by atoms with van der Waals surface area (Å²) < 4.78 is 1.70. The minimum atomic E-state index is -0.354. The molecule has 0 aliphatic carbocycles. The SMILES string of the molecule is Cc1cc(C)n(-c2cc(NC(=O)NCc3ccc(Cl)cc3)ncn2)n1. The van der Waals surface area contributed by atoms with Crippen LogP contribution in [0.5, 0.6) is 0 Å². The Bertz CT molecular complexity index is 890. The van der Waals surface area contributed by atoms with E-state index < -0.39 is 0 Å². The zero-order chi connectivity index (χ0) is 17.8. The third-order valence-electron chi connectivity index (χ3n) is 3.49. The van der Waals surface area contributed by atoms with Crippen molar-refractivity contribution in [1.29, 1.82) is 0 Å². The summed E-state index contributed by atoms with van der Waals surface area (Å²) in [6.45, 7) is 4.24. The Hall–Kier alpha value is -2.93. The van der Waals surface area contributed by atoms with E-state index in [1.807, 2.05) is 32.0 Å². The van der Waals surface area contributed by atoms with E-state index in [0.29, 0.717) is 23.2 Å². The van der Waals surface area contributed by atoms with Crippen LogP contribution < -0.4 is 10.6 Å². The van der Waals surface area contributed by atoms with E-state index in [9.17, 15) is 4.79 Å². The molecule has 0 atom stereocenters. The van der Waals surface area contributed by atoms with Crippen LogP contribution in [-0.2, 0) is 6.54 Å². The normalized spacial score (nSPS) is 10.5. The molecule has 2 N–H and O–H groups in total. The Balaban J connectivity index is 1.64. The Kier molecular flexibility index (Phi) is 4.95. The Morgan fingerprint density at radius 1 is 1.16 bits per heavy atom. The first-order chi connectivity index (χ1) is 12.0. The lowest BCUT2D eigenvalue weighted by Gasteiger charge is -2.09. The van der Waals surface area contributed by atoms with E-state index in [4.69, 9.17) is 11.6 Å². The smallest absolute Gasteiger partial charge is 0.320 e. The van der Waals surface area contributed by atoms with Gasteiger partial charge in [-0.2, -0.15) is 5.10 Å². The monoisotopic (exact) mass is 356 g/mol. The third-order valence-corrected chi connectivity index (χ3v) is 3.74. The van der Waals surface area contributed by atoms with Crippen LogP contribution in [0.15, 0.2) is 42.7 Å². The number of anilines is 1. The molecule has 0 saturated carbocycles. The maximum atomic E-state index is 12.0. The molecule has 0 fully saturated rings. The molecule has 3 aromatic rings. The summed E-state index contributed by atoms with van der Waals surface area (Å²) in [6, 6.07) is 10.5. The molecule has 0 spiro atoms. The van der Waals surface area contributed by atoms with Crippen molar-refractivity contribution in [2.24, 2.45) is 0 Å². The van der Waals surface area contributed by atoms with Crippen molar-refractivity contribution in [3.63, 3.8) is 0 Å². The van der Waals surface area contributed by atoms with E-state index in [2.05, 4.69) is 25.7 Å². The maximum absolute atomic E-state index is 12.0. The fraction of sp³-hybridized carbons (Fsp3) is 0.176. The number of rotatable bonds is 4. The van der Waals surface area contributed by atoms with E-state index >= 15 is 0 Å². The number of hydrogen-bond donors (Lipinski definition) is 2. The first kappa shape index (κ1) is 16.9. The van der Waals surface area contributed by atoms with E-state index in [0.717, 1.165) is 17.0 Å². The quantitative estimate of drug-likeness (QED) is 0.751. The third kappa shape index (κ3) is 4.33. The number of hydrogen-bond acceptors (Lipinski definition) is 4. The second-order valence-corrected chi connectivity index (χ2v) is 5.97. The van der Waals surface area contributed by atoms with Crippen LogP contribution in [0.2, 0.25) is 5.02 Å². The van der Waals surface area contributed by atoms with Gasteiger partial charge in [0.25, 0.3) is 0 Å². The lowest BCUT2D eigenvalue weighted by Crippen LogP contribution is -2.28. The van der Waals surface area contributed by atoms with Crippen molar-refractivity contribution >= 4 is 23.4 Å². The number of urea groups is 1. The van der Waals surface area contributed by atoms with Crippen LogP contribution in [0, 0.1) is 13.8 Å². The molecule has 0 radical (unpaired) electrons. The van der Waals surface area contributed by atoms with Gasteiger partial charge < -0.3 is 5.32 Å². The van der Waals surface area contributed by atoms with Crippen molar-refractivity contribution in [2.75, 3.05) is 5.32 Å². The lowest BCUT2D eigenvalue weighted by atomic mass is 10.2. The molecule has 8 heteroatoms. The summed E-state index contributed by atoms with van der Waals surface area (Å²) in [4.78, 5) is 20.3. The summed E-state index contributed by atoms with van der Waals surface area (Å²) >= 11 is 5.84. The molecule has 128 valence electrons. The largest absolute Gasteiger partial charge is 0.334 e. The van der Waals surface area contributed by atoms with Crippen molar-refractivity contribution in [2.45, 2.75) is 20.4 Å². The average Bonchev–Trinajstić information content (AvgIpc) is 2.93. The zero-order valence-corrected chi connectivity index (χ0v) is 14.6. The second kappa shape index (κ2) is 7.31. The van der Waals surface area contributed by atoms with Crippen molar-refractivity contribution < 1.29 is 4.79 Å². The van der Waals surface area contributed by atoms with E-state index in [-0.39, 0.29) is 6.03 Å². The number of amides is 2. The minimum absolute atomic E-state index is 0.354. The molecular formula is C17H17ClN6O. The molecule has 3 rings (SSSR count). The first-order valence-corrected chi connectivity index (χ1v) is 8.04. The van der Waals surface area contributed by atoms with Gasteiger partial charge in [-0.3, -0.25) is 5.32 Å². The molecule has 2 amide bonds. The fourth-order valence-electron chi connectivity index (χ4n) is 2.34. The molecule has 0 unspecified atom stereocenters. The van der Waals surface area contributed by atoms with Gasteiger partial charge in [0, 0.05) is 23.3 Å². The first-order valence-electron chi connectivity index (χ1n) is 7.66. The predicted octanol–water partition coefficient (Wildman–Crippen LogP) is 3.25. The molecule has 25 heavy (non-hydrogen) atoms. The number of halogens is 1. The highest BCUT2D eigenvalue weighted by atomic mass is 35.5. The number of nitrogens with one attached hydrogen (secondary N) is 2. The molecule has 7 nitrogen and oxygen atoms in total. The van der Waals surface area contributed by atoms with Crippen molar-refractivity contribution in [3.8, 4) is 5.82 Å². The number of nitrogens with zero attached hydrogens (tertiary/aromatic N) is 4. The minimum Gasteiger partial charge on any atom is -0.334 e. The Morgan fingerprint density at radius 2 is 1.92 bits per heavy atom. The highest BCUT2D eigenvalue weighted by Gasteiger charge is 2.08. The summed E-state index contributed by atoms with van der Waals surface area (Å²) in [7, 11) is 0. The Labute approximate surface area is 150 Å². The number of aromatic nitrogens is 4. The highest BCUT2D eigenvalue weighted by molar-refractivity contribution is 6.30. The van der Waals surface area contributed by atoms with E-state index in [1.54, 1.807) is 22.9 Å². The molecule has 0 aliphatic rings. The van der Waals surface area contributed by atoms with Crippen molar-refractivity contribution in [1.82, 2.24) is 25.1 Å². The maximum Gasteiger partial charge on any atom is 0.320 e. The number of carbonyl (C=O) groups is 1. The molecule has 0 saturated heterocycles. The molecule has 2 heterocycles. The topological polar surface area (TPSA) is 84.7 Å². The predicted molar refractivity (Wildman–Crippen MR) is 95.9 cm³/mol. The second-order valence-electron chi connectivity index (χ2n) is 5.53. The van der Waals surface area contributed by atoms with Crippen LogP contribution in [0.1, 0.15) is 17.0 Å². The van der Waals surface area contributed by atoms with Gasteiger partial charge >= 0.3 is 6.03 Å². The van der Waals surface area contributed by atoms with Crippen molar-refractivity contribution in [3.05, 3.63) is 64.7 Å². The van der Waals surface area contributed by atoms with Gasteiger partial charge in [-0.05, 0) is 37.6 Å². The van der Waals surface area contributed by atoms with Gasteiger partial charge in [-0.1, -0.05) is 23.7 Å². The zero-order valence-electron chi connectivity index (χ0n) is 13.8. The lowest BCUT2D eigenvalue weighted by molar-refractivity contribution is 0.251. The average molecular weight is 357 g/mol. The molecule has 1 aromatic carbocycles. The molecule has 0 aliphatic heterocycles. The number of aryl methyl sites for hydroxylation is 2.